The molecule has 0 aromatic heterocycles. The van der Waals surface area contributed by atoms with Gasteiger partial charge in [0.05, 0.1) is 7.11 Å². The fraction of sp³-hybridized carbons (Fsp3) is 0.333. The quantitative estimate of drug-likeness (QED) is 0.769. The lowest BCUT2D eigenvalue weighted by atomic mass is 10.0. The summed E-state index contributed by atoms with van der Waals surface area (Å²) in [6.07, 6.45) is 3.41. The summed E-state index contributed by atoms with van der Waals surface area (Å²) >= 11 is 0. The zero-order chi connectivity index (χ0) is 9.80. The fourth-order valence-corrected chi connectivity index (χ4v) is 1.69. The lowest BCUT2D eigenvalue weighted by Crippen LogP contribution is -2.21. The third-order valence-corrected chi connectivity index (χ3v) is 2.47. The maximum Gasteiger partial charge on any atom is 0.119 e. The monoisotopic (exact) mass is 189 g/mol. The summed E-state index contributed by atoms with van der Waals surface area (Å²) in [6, 6.07) is 8.21. The molecule has 0 amide bonds. The molecule has 0 saturated heterocycles. The molecule has 14 heavy (non-hydrogen) atoms. The van der Waals surface area contributed by atoms with Gasteiger partial charge in [-0.15, -0.1) is 0 Å². The molecule has 0 spiro atoms. The molecule has 2 rings (SSSR count). The topological polar surface area (TPSA) is 21.3 Å². The van der Waals surface area contributed by atoms with Crippen molar-refractivity contribution in [2.75, 3.05) is 20.2 Å². The van der Waals surface area contributed by atoms with Crippen molar-refractivity contribution in [3.63, 3.8) is 0 Å². The summed E-state index contributed by atoms with van der Waals surface area (Å²) in [7, 11) is 1.70. The van der Waals surface area contributed by atoms with Crippen LogP contribution in [0.3, 0.4) is 0 Å². The summed E-state index contributed by atoms with van der Waals surface area (Å²) in [5.74, 6) is 0.925. The smallest absolute Gasteiger partial charge is 0.119 e. The maximum absolute atomic E-state index is 5.20. The standard InChI is InChI=1S/C12H15NO/c1-14-12-6-2-4-10(8-12)11-5-3-7-13-9-11/h2,4-6,8,13H,3,7,9H2,1H3. The van der Waals surface area contributed by atoms with E-state index in [0.29, 0.717) is 0 Å². The summed E-state index contributed by atoms with van der Waals surface area (Å²) in [4.78, 5) is 0. The Bertz CT molecular complexity index is 344. The van der Waals surface area contributed by atoms with E-state index in [1.807, 2.05) is 12.1 Å². The van der Waals surface area contributed by atoms with Crippen molar-refractivity contribution in [2.45, 2.75) is 6.42 Å². The molecule has 74 valence electrons. The second kappa shape index (κ2) is 4.29. The second-order valence-corrected chi connectivity index (χ2v) is 3.43. The molecule has 1 aliphatic rings. The minimum absolute atomic E-state index is 0.925. The predicted octanol–water partition coefficient (Wildman–Crippen LogP) is 2.07. The van der Waals surface area contributed by atoms with Crippen LogP contribution in [0.2, 0.25) is 0 Å². The van der Waals surface area contributed by atoms with Gasteiger partial charge in [0.1, 0.15) is 5.75 Å². The molecule has 1 aromatic rings. The Labute approximate surface area is 84.6 Å². The number of methoxy groups -OCH3 is 1. The van der Waals surface area contributed by atoms with Gasteiger partial charge < -0.3 is 10.1 Å². The van der Waals surface area contributed by atoms with Crippen molar-refractivity contribution in [1.82, 2.24) is 5.32 Å². The molecule has 0 atom stereocenters. The summed E-state index contributed by atoms with van der Waals surface area (Å²) in [6.45, 7) is 2.06. The van der Waals surface area contributed by atoms with Crippen LogP contribution in [0.15, 0.2) is 30.3 Å². The molecule has 2 heteroatoms. The highest BCUT2D eigenvalue weighted by molar-refractivity contribution is 5.68. The van der Waals surface area contributed by atoms with Gasteiger partial charge in [0.15, 0.2) is 0 Å². The van der Waals surface area contributed by atoms with Gasteiger partial charge in [-0.2, -0.15) is 0 Å². The van der Waals surface area contributed by atoms with E-state index in [9.17, 15) is 0 Å². The van der Waals surface area contributed by atoms with Crippen LogP contribution in [0.5, 0.6) is 5.75 Å². The first-order valence-corrected chi connectivity index (χ1v) is 4.94. The number of hydrogen-bond acceptors (Lipinski definition) is 2. The molecule has 0 unspecified atom stereocenters. The Morgan fingerprint density at radius 2 is 2.29 bits per heavy atom. The first-order valence-electron chi connectivity index (χ1n) is 4.94. The highest BCUT2D eigenvalue weighted by Gasteiger charge is 2.05. The van der Waals surface area contributed by atoms with Gasteiger partial charge in [-0.05, 0) is 36.2 Å². The van der Waals surface area contributed by atoms with Gasteiger partial charge in [0, 0.05) is 6.54 Å². The third-order valence-electron chi connectivity index (χ3n) is 2.47. The molecule has 1 aliphatic heterocycles. The van der Waals surface area contributed by atoms with E-state index in [4.69, 9.17) is 4.74 Å². The SMILES string of the molecule is COc1cccc(C2=CCCNC2)c1. The van der Waals surface area contributed by atoms with Crippen molar-refractivity contribution in [2.24, 2.45) is 0 Å². The molecular weight excluding hydrogens is 174 g/mol. The minimum Gasteiger partial charge on any atom is -0.497 e. The Morgan fingerprint density at radius 3 is 3.00 bits per heavy atom. The van der Waals surface area contributed by atoms with E-state index in [0.717, 1.165) is 25.3 Å². The van der Waals surface area contributed by atoms with E-state index in [-0.39, 0.29) is 0 Å². The summed E-state index contributed by atoms with van der Waals surface area (Å²) in [5.41, 5.74) is 2.63. The zero-order valence-corrected chi connectivity index (χ0v) is 8.42. The van der Waals surface area contributed by atoms with E-state index >= 15 is 0 Å². The number of rotatable bonds is 2. The lowest BCUT2D eigenvalue weighted by molar-refractivity contribution is 0.414. The Balaban J connectivity index is 2.26. The average Bonchev–Trinajstić information content (AvgIpc) is 2.30. The highest BCUT2D eigenvalue weighted by atomic mass is 16.5. The Kier molecular flexibility index (Phi) is 2.84. The van der Waals surface area contributed by atoms with Crippen LogP contribution in [0.25, 0.3) is 5.57 Å². The van der Waals surface area contributed by atoms with Crippen LogP contribution in [0.1, 0.15) is 12.0 Å². The van der Waals surface area contributed by atoms with Gasteiger partial charge in [-0.25, -0.2) is 0 Å². The predicted molar refractivity (Wildman–Crippen MR) is 58.5 cm³/mol. The molecule has 0 saturated carbocycles. The molecule has 0 fully saturated rings. The van der Waals surface area contributed by atoms with Crippen molar-refractivity contribution < 1.29 is 4.74 Å². The first-order chi connectivity index (χ1) is 6.90. The number of ether oxygens (including phenoxy) is 1. The van der Waals surface area contributed by atoms with Crippen LogP contribution in [-0.4, -0.2) is 20.2 Å². The largest absolute Gasteiger partial charge is 0.497 e. The molecule has 1 heterocycles. The van der Waals surface area contributed by atoms with Crippen molar-refractivity contribution >= 4 is 5.57 Å². The minimum atomic E-state index is 0.925. The molecule has 0 radical (unpaired) electrons. The van der Waals surface area contributed by atoms with Gasteiger partial charge in [0.2, 0.25) is 0 Å². The molecule has 1 aromatic carbocycles. The van der Waals surface area contributed by atoms with Gasteiger partial charge in [-0.3, -0.25) is 0 Å². The van der Waals surface area contributed by atoms with Crippen LogP contribution in [-0.2, 0) is 0 Å². The second-order valence-electron chi connectivity index (χ2n) is 3.43. The molecular formula is C12H15NO. The normalized spacial score (nSPS) is 16.2. The molecule has 0 bridgehead atoms. The van der Waals surface area contributed by atoms with Crippen LogP contribution in [0.4, 0.5) is 0 Å². The number of hydrogen-bond donors (Lipinski definition) is 1. The molecule has 1 N–H and O–H groups in total. The summed E-state index contributed by atoms with van der Waals surface area (Å²) in [5, 5.41) is 3.36. The van der Waals surface area contributed by atoms with Gasteiger partial charge >= 0.3 is 0 Å². The highest BCUT2D eigenvalue weighted by Crippen LogP contribution is 2.21. The van der Waals surface area contributed by atoms with E-state index in [2.05, 4.69) is 23.5 Å². The van der Waals surface area contributed by atoms with Crippen LogP contribution >= 0.6 is 0 Å². The molecule has 2 nitrogen and oxygen atoms in total. The van der Waals surface area contributed by atoms with Crippen molar-refractivity contribution in [3.05, 3.63) is 35.9 Å². The van der Waals surface area contributed by atoms with Crippen LogP contribution < -0.4 is 10.1 Å². The van der Waals surface area contributed by atoms with Crippen LogP contribution in [0, 0.1) is 0 Å². The van der Waals surface area contributed by atoms with E-state index < -0.39 is 0 Å². The fourth-order valence-electron chi connectivity index (χ4n) is 1.69. The number of benzene rings is 1. The Morgan fingerprint density at radius 1 is 1.36 bits per heavy atom. The van der Waals surface area contributed by atoms with Gasteiger partial charge in [-0.1, -0.05) is 18.2 Å². The zero-order valence-electron chi connectivity index (χ0n) is 8.42. The number of nitrogens with one attached hydrogen (secondary N) is 1. The van der Waals surface area contributed by atoms with E-state index in [1.54, 1.807) is 7.11 Å². The van der Waals surface area contributed by atoms with Crippen molar-refractivity contribution in [1.29, 1.82) is 0 Å². The third kappa shape index (κ3) is 1.96. The van der Waals surface area contributed by atoms with Gasteiger partial charge in [0.25, 0.3) is 0 Å². The molecule has 0 aliphatic carbocycles. The summed E-state index contributed by atoms with van der Waals surface area (Å²) < 4.78 is 5.20. The first kappa shape index (κ1) is 9.28. The maximum atomic E-state index is 5.20. The average molecular weight is 189 g/mol. The van der Waals surface area contributed by atoms with E-state index in [1.165, 1.54) is 11.1 Å². The Hall–Kier alpha value is -1.28. The lowest BCUT2D eigenvalue weighted by Gasteiger charge is -2.14. The van der Waals surface area contributed by atoms with Crippen molar-refractivity contribution in [3.8, 4) is 5.75 Å².